The first-order chi connectivity index (χ1) is 25.8. The fourth-order valence-corrected chi connectivity index (χ4v) is 12.8. The maximum Gasteiger partial charge on any atom is 0.186 e. The zero-order valence-corrected chi connectivity index (χ0v) is 33.3. The molecule has 22 atom stereocenters. The Morgan fingerprint density at radius 1 is 0.691 bits per heavy atom. The van der Waals surface area contributed by atoms with Crippen LogP contribution in [0.2, 0.25) is 0 Å². The molecule has 0 unspecified atom stereocenters. The molecular formula is C40H70O15. The van der Waals surface area contributed by atoms with Crippen molar-refractivity contribution in [3.05, 3.63) is 0 Å². The second-order valence-corrected chi connectivity index (χ2v) is 19.0. The highest BCUT2D eigenvalue weighted by atomic mass is 16.7. The van der Waals surface area contributed by atoms with E-state index >= 15 is 0 Å². The van der Waals surface area contributed by atoms with E-state index in [-0.39, 0.29) is 43.3 Å². The largest absolute Gasteiger partial charge is 0.393 e. The molecule has 0 radical (unpaired) electrons. The Labute approximate surface area is 324 Å². The van der Waals surface area contributed by atoms with E-state index in [4.69, 9.17) is 23.7 Å². The van der Waals surface area contributed by atoms with Gasteiger partial charge >= 0.3 is 0 Å². The van der Waals surface area contributed by atoms with Crippen LogP contribution in [0.15, 0.2) is 0 Å². The summed E-state index contributed by atoms with van der Waals surface area (Å²) in [5.74, 6) is -1.29. The van der Waals surface area contributed by atoms with Gasteiger partial charge in [0.1, 0.15) is 36.6 Å². The van der Waals surface area contributed by atoms with Gasteiger partial charge in [-0.2, -0.15) is 0 Å². The van der Waals surface area contributed by atoms with Crippen molar-refractivity contribution >= 4 is 0 Å². The Hall–Kier alpha value is -0.600. The number of fused-ring (bicyclic) bond motifs is 5. The lowest BCUT2D eigenvalue weighted by Crippen LogP contribution is -2.71. The van der Waals surface area contributed by atoms with Gasteiger partial charge in [0, 0.05) is 25.4 Å². The third kappa shape index (κ3) is 7.70. The maximum absolute atomic E-state index is 12.6. The first-order valence-corrected chi connectivity index (χ1v) is 20.7. The van der Waals surface area contributed by atoms with Crippen molar-refractivity contribution < 1.29 is 74.7 Å². The molecule has 2 heterocycles. The first kappa shape index (κ1) is 44.0. The third-order valence-electron chi connectivity index (χ3n) is 15.7. The molecule has 2 aliphatic heterocycles. The van der Waals surface area contributed by atoms with Crippen molar-refractivity contribution in [3.63, 3.8) is 0 Å². The van der Waals surface area contributed by atoms with Crippen molar-refractivity contribution in [3.8, 4) is 0 Å². The molecule has 4 saturated carbocycles. The molecule has 320 valence electrons. The minimum atomic E-state index is -1.50. The average Bonchev–Trinajstić information content (AvgIpc) is 3.33. The van der Waals surface area contributed by atoms with Crippen LogP contribution in [-0.4, -0.2) is 163 Å². The highest BCUT2D eigenvalue weighted by Crippen LogP contribution is 2.70. The van der Waals surface area contributed by atoms with Gasteiger partial charge in [0.05, 0.1) is 55.9 Å². The predicted molar refractivity (Wildman–Crippen MR) is 195 cm³/mol. The number of aliphatic hydroxyl groups excluding tert-OH is 9. The molecule has 15 heteroatoms. The summed E-state index contributed by atoms with van der Waals surface area (Å²) in [5, 5.41) is 110. The van der Waals surface area contributed by atoms with Crippen LogP contribution in [0.5, 0.6) is 0 Å². The topological polar surface area (TPSA) is 248 Å². The molecule has 6 aliphatic rings. The molecule has 55 heavy (non-hydrogen) atoms. The van der Waals surface area contributed by atoms with Crippen molar-refractivity contribution in [1.29, 1.82) is 0 Å². The summed E-state index contributed by atoms with van der Waals surface area (Å²) in [7, 11) is 1.41. The molecule has 4 aliphatic carbocycles. The van der Waals surface area contributed by atoms with Crippen molar-refractivity contribution in [2.24, 2.45) is 52.3 Å². The van der Waals surface area contributed by atoms with Crippen molar-refractivity contribution in [2.75, 3.05) is 26.9 Å². The van der Waals surface area contributed by atoms with E-state index in [1.807, 2.05) is 6.92 Å². The summed E-state index contributed by atoms with van der Waals surface area (Å²) in [6.45, 7) is 10.5. The minimum Gasteiger partial charge on any atom is -0.393 e. The molecule has 0 amide bonds. The standard InChI is InChI=1S/C40H70O15/c1-18(2)20(11-14-52-36-33(49)34(51-6)24(17-54-36)55-37-32(48)29(45)23(43)16-53-37)8-7-19(3)26-30(46)31(47)35-39(26,5)13-10-25-38(4)12-9-21(41)28(44)27(38)22(42)15-40(25,35)50/h18-37,41-50H,7-17H2,1-6H3/t19-,20-,21+,22+,23+,24-,25-,26+,27+,28+,29+,30-,31-,32-,33-,34+,35-,36-,37+,38-,39-,40+/m1/s1. The second-order valence-electron chi connectivity index (χ2n) is 19.0. The highest BCUT2D eigenvalue weighted by molar-refractivity contribution is 5.22. The van der Waals surface area contributed by atoms with Gasteiger partial charge in [0.25, 0.3) is 0 Å². The second kappa shape index (κ2) is 16.8. The monoisotopic (exact) mass is 790 g/mol. The van der Waals surface area contributed by atoms with E-state index in [0.29, 0.717) is 44.6 Å². The number of rotatable bonds is 12. The van der Waals surface area contributed by atoms with Crippen LogP contribution in [0.4, 0.5) is 0 Å². The Morgan fingerprint density at radius 2 is 1.36 bits per heavy atom. The van der Waals surface area contributed by atoms with Crippen LogP contribution in [0.25, 0.3) is 0 Å². The van der Waals surface area contributed by atoms with E-state index in [1.165, 1.54) is 7.11 Å². The molecule has 10 N–H and O–H groups in total. The van der Waals surface area contributed by atoms with Crippen molar-refractivity contribution in [1.82, 2.24) is 0 Å². The van der Waals surface area contributed by atoms with Gasteiger partial charge in [-0.25, -0.2) is 0 Å². The zero-order valence-electron chi connectivity index (χ0n) is 33.3. The molecule has 6 rings (SSSR count). The number of hydrogen-bond acceptors (Lipinski definition) is 15. The summed E-state index contributed by atoms with van der Waals surface area (Å²) in [6.07, 6.45) is -10.2. The van der Waals surface area contributed by atoms with Gasteiger partial charge in [-0.15, -0.1) is 0 Å². The molecule has 0 aromatic carbocycles. The molecule has 2 saturated heterocycles. The van der Waals surface area contributed by atoms with Gasteiger partial charge in [0.2, 0.25) is 0 Å². The summed E-state index contributed by atoms with van der Waals surface area (Å²) < 4.78 is 28.5. The first-order valence-electron chi connectivity index (χ1n) is 20.7. The zero-order chi connectivity index (χ0) is 40.4. The van der Waals surface area contributed by atoms with E-state index in [0.717, 1.165) is 12.8 Å². The fourth-order valence-electron chi connectivity index (χ4n) is 12.8. The van der Waals surface area contributed by atoms with Crippen LogP contribution in [0.1, 0.15) is 86.0 Å². The average molecular weight is 791 g/mol. The SMILES string of the molecule is CO[C@@H]1[C@@H](O)[C@H](OCC[C@@H](CC[C@@H](C)[C@H]2[C@@H](O)[C@@H](O)[C@@H]3[C@]2(C)CC[C@@H]2[C@@]4(C)CC[C@H](O)[C@H](O)[C@@H]4[C@@H](O)C[C@]23O)C(C)C)OC[C@H]1O[C@@H]1OC[C@H](O)[C@H](O)[C@H]1O. The number of hydrogen-bond donors (Lipinski definition) is 10. The fraction of sp³-hybridized carbons (Fsp3) is 1.00. The smallest absolute Gasteiger partial charge is 0.186 e. The Balaban J connectivity index is 1.05. The van der Waals surface area contributed by atoms with E-state index in [2.05, 4.69) is 27.7 Å². The summed E-state index contributed by atoms with van der Waals surface area (Å²) in [6, 6.07) is 0. The van der Waals surface area contributed by atoms with Crippen LogP contribution in [0.3, 0.4) is 0 Å². The molecule has 6 fully saturated rings. The van der Waals surface area contributed by atoms with Gasteiger partial charge in [-0.05, 0) is 78.9 Å². The minimum absolute atomic E-state index is 0.00407. The number of methoxy groups -OCH3 is 1. The lowest BCUT2D eigenvalue weighted by molar-refractivity contribution is -0.331. The van der Waals surface area contributed by atoms with Crippen LogP contribution in [0, 0.1) is 52.3 Å². The van der Waals surface area contributed by atoms with Gasteiger partial charge in [-0.3, -0.25) is 0 Å². The molecule has 0 bridgehead atoms. The van der Waals surface area contributed by atoms with Crippen molar-refractivity contribution in [2.45, 2.75) is 171 Å². The predicted octanol–water partition coefficient (Wildman–Crippen LogP) is -0.344. The van der Waals surface area contributed by atoms with Crippen LogP contribution in [-0.2, 0) is 23.7 Å². The molecule has 0 aromatic heterocycles. The Bertz CT molecular complexity index is 1280. The third-order valence-corrected chi connectivity index (χ3v) is 15.7. The molecule has 0 aromatic rings. The Kier molecular flexibility index (Phi) is 13.4. The number of aliphatic hydroxyl groups is 10. The molecule has 15 nitrogen and oxygen atoms in total. The van der Waals surface area contributed by atoms with Gasteiger partial charge in [0.15, 0.2) is 12.6 Å². The van der Waals surface area contributed by atoms with E-state index < -0.39 is 108 Å². The Morgan fingerprint density at radius 3 is 2.04 bits per heavy atom. The normalized spacial score (nSPS) is 52.6. The van der Waals surface area contributed by atoms with Gasteiger partial charge in [-0.1, -0.05) is 41.0 Å². The summed E-state index contributed by atoms with van der Waals surface area (Å²) >= 11 is 0. The number of ether oxygens (including phenoxy) is 5. The van der Waals surface area contributed by atoms with Gasteiger partial charge < -0.3 is 74.7 Å². The van der Waals surface area contributed by atoms with E-state index in [9.17, 15) is 51.1 Å². The molecule has 0 spiro atoms. The lowest BCUT2D eigenvalue weighted by atomic mass is 9.41. The quantitative estimate of drug-likeness (QED) is 0.122. The van der Waals surface area contributed by atoms with E-state index in [1.54, 1.807) is 0 Å². The summed E-state index contributed by atoms with van der Waals surface area (Å²) in [4.78, 5) is 0. The highest BCUT2D eigenvalue weighted by Gasteiger charge is 2.73. The van der Waals surface area contributed by atoms with Crippen LogP contribution < -0.4 is 0 Å². The molecular weight excluding hydrogens is 720 g/mol. The van der Waals surface area contributed by atoms with Crippen LogP contribution >= 0.6 is 0 Å². The maximum atomic E-state index is 12.6. The lowest BCUT2D eigenvalue weighted by Gasteiger charge is -2.66. The summed E-state index contributed by atoms with van der Waals surface area (Å²) in [5.41, 5.74) is -2.66.